The Hall–Kier alpha value is -3.17. The van der Waals surface area contributed by atoms with Gasteiger partial charge in [-0.05, 0) is 12.1 Å². The van der Waals surface area contributed by atoms with Crippen LogP contribution >= 0.6 is 11.6 Å². The van der Waals surface area contributed by atoms with Crippen molar-refractivity contribution in [3.05, 3.63) is 35.1 Å². The fourth-order valence-corrected chi connectivity index (χ4v) is 3.62. The molecule has 5 N–H and O–H groups in total. The second kappa shape index (κ2) is 7.34. The molecule has 0 saturated carbocycles. The topological polar surface area (TPSA) is 117 Å². The van der Waals surface area contributed by atoms with Gasteiger partial charge >= 0.3 is 6.01 Å². The molecule has 0 fully saturated rings. The standard InChI is InChI=1S/C19H19ClFN7O/c1-28-16-9(4-3-5-12(16)25-18(28)23)13-11(20)8-10-15(14(13)21)26-19(29-2)27-17(10)24-7-6-22/h3-5,8H,6-7,22H2,1-2H3,(H2,23,25)(H,24,26,27). The van der Waals surface area contributed by atoms with E-state index in [2.05, 4.69) is 20.3 Å². The van der Waals surface area contributed by atoms with E-state index in [0.717, 1.165) is 0 Å². The highest BCUT2D eigenvalue weighted by Gasteiger charge is 2.22. The highest BCUT2D eigenvalue weighted by atomic mass is 35.5. The van der Waals surface area contributed by atoms with Crippen LogP contribution in [-0.4, -0.2) is 39.7 Å². The van der Waals surface area contributed by atoms with Crippen molar-refractivity contribution in [1.82, 2.24) is 19.5 Å². The summed E-state index contributed by atoms with van der Waals surface area (Å²) in [5.74, 6) is 0.131. The van der Waals surface area contributed by atoms with E-state index in [-0.39, 0.29) is 22.1 Å². The number of ether oxygens (including phenoxy) is 1. The molecule has 2 aromatic carbocycles. The average molecular weight is 416 g/mol. The number of aromatic nitrogens is 4. The van der Waals surface area contributed by atoms with Crippen LogP contribution in [0, 0.1) is 5.82 Å². The molecular weight excluding hydrogens is 397 g/mol. The van der Waals surface area contributed by atoms with Crippen molar-refractivity contribution in [3.8, 4) is 17.1 Å². The van der Waals surface area contributed by atoms with Gasteiger partial charge in [-0.25, -0.2) is 9.37 Å². The molecule has 150 valence electrons. The molecule has 4 rings (SSSR count). The van der Waals surface area contributed by atoms with Crippen LogP contribution in [0.15, 0.2) is 24.3 Å². The zero-order chi connectivity index (χ0) is 20.7. The molecule has 0 unspecified atom stereocenters. The first kappa shape index (κ1) is 19.2. The van der Waals surface area contributed by atoms with Crippen molar-refractivity contribution in [2.75, 3.05) is 31.2 Å². The predicted octanol–water partition coefficient (Wildman–Crippen LogP) is 2.94. The lowest BCUT2D eigenvalue weighted by Crippen LogP contribution is -2.14. The summed E-state index contributed by atoms with van der Waals surface area (Å²) in [6.07, 6.45) is 0. The van der Waals surface area contributed by atoms with Gasteiger partial charge in [-0.2, -0.15) is 9.97 Å². The lowest BCUT2D eigenvalue weighted by Gasteiger charge is -2.14. The van der Waals surface area contributed by atoms with Gasteiger partial charge in [0.25, 0.3) is 0 Å². The molecule has 10 heteroatoms. The molecule has 0 aliphatic carbocycles. The number of nitrogens with two attached hydrogens (primary N) is 2. The van der Waals surface area contributed by atoms with Gasteiger partial charge in [-0.1, -0.05) is 23.7 Å². The van der Waals surface area contributed by atoms with E-state index in [1.165, 1.54) is 7.11 Å². The van der Waals surface area contributed by atoms with Gasteiger partial charge in [-0.15, -0.1) is 0 Å². The van der Waals surface area contributed by atoms with E-state index >= 15 is 4.39 Å². The number of nitrogens with zero attached hydrogens (tertiary/aromatic N) is 4. The molecule has 2 aromatic heterocycles. The number of benzene rings is 2. The van der Waals surface area contributed by atoms with Crippen LogP contribution in [0.5, 0.6) is 6.01 Å². The largest absolute Gasteiger partial charge is 0.467 e. The Labute approximate surface area is 170 Å². The summed E-state index contributed by atoms with van der Waals surface area (Å²) in [5.41, 5.74) is 13.7. The minimum Gasteiger partial charge on any atom is -0.467 e. The third-order valence-electron chi connectivity index (χ3n) is 4.68. The third kappa shape index (κ3) is 3.08. The molecule has 2 heterocycles. The lowest BCUT2D eigenvalue weighted by atomic mass is 10.0. The van der Waals surface area contributed by atoms with E-state index in [1.54, 1.807) is 29.8 Å². The van der Waals surface area contributed by atoms with Gasteiger partial charge in [0.15, 0.2) is 5.82 Å². The molecule has 4 aromatic rings. The Morgan fingerprint density at radius 1 is 1.28 bits per heavy atom. The second-order valence-electron chi connectivity index (χ2n) is 6.42. The number of para-hydroxylation sites is 1. The van der Waals surface area contributed by atoms with Crippen LogP contribution in [-0.2, 0) is 7.05 Å². The number of rotatable bonds is 5. The molecule has 0 saturated heterocycles. The predicted molar refractivity (Wildman–Crippen MR) is 113 cm³/mol. The number of fused-ring (bicyclic) bond motifs is 2. The molecule has 8 nitrogen and oxygen atoms in total. The van der Waals surface area contributed by atoms with Gasteiger partial charge in [0.05, 0.1) is 23.2 Å². The Morgan fingerprint density at radius 3 is 2.79 bits per heavy atom. The number of halogens is 2. The maximum atomic E-state index is 15.8. The van der Waals surface area contributed by atoms with Gasteiger partial charge in [0, 0.05) is 36.7 Å². The summed E-state index contributed by atoms with van der Waals surface area (Å²) in [5, 5.41) is 3.70. The van der Waals surface area contributed by atoms with E-state index in [9.17, 15) is 0 Å². The number of hydrogen-bond donors (Lipinski definition) is 3. The number of imidazole rings is 1. The van der Waals surface area contributed by atoms with Crippen molar-refractivity contribution in [1.29, 1.82) is 0 Å². The maximum Gasteiger partial charge on any atom is 0.318 e. The summed E-state index contributed by atoms with van der Waals surface area (Å²) in [4.78, 5) is 12.8. The Bertz CT molecular complexity index is 1240. The van der Waals surface area contributed by atoms with E-state index in [1.807, 2.05) is 6.07 Å². The quantitative estimate of drug-likeness (QED) is 0.458. The molecule has 0 aliphatic rings. The SMILES string of the molecule is COc1nc(NCCN)c2cc(Cl)c(-c3cccc4nc(N)n(C)c34)c(F)c2n1. The zero-order valence-corrected chi connectivity index (χ0v) is 16.6. The minimum atomic E-state index is -0.587. The van der Waals surface area contributed by atoms with Crippen molar-refractivity contribution >= 4 is 45.3 Å². The molecule has 0 atom stereocenters. The average Bonchev–Trinajstić information content (AvgIpc) is 3.01. The fraction of sp³-hybridized carbons (Fsp3) is 0.211. The summed E-state index contributed by atoms with van der Waals surface area (Å²) >= 11 is 6.54. The molecule has 0 bridgehead atoms. The normalized spacial score (nSPS) is 11.3. The van der Waals surface area contributed by atoms with Gasteiger partial charge in [0.1, 0.15) is 11.3 Å². The Kier molecular flexibility index (Phi) is 4.85. The minimum absolute atomic E-state index is 0.0344. The van der Waals surface area contributed by atoms with E-state index in [4.69, 9.17) is 27.8 Å². The number of anilines is 2. The van der Waals surface area contributed by atoms with Gasteiger partial charge in [-0.3, -0.25) is 0 Å². The smallest absolute Gasteiger partial charge is 0.318 e. The van der Waals surface area contributed by atoms with E-state index < -0.39 is 5.82 Å². The monoisotopic (exact) mass is 415 g/mol. The maximum absolute atomic E-state index is 15.8. The van der Waals surface area contributed by atoms with Gasteiger partial charge in [0.2, 0.25) is 5.95 Å². The van der Waals surface area contributed by atoms with E-state index in [0.29, 0.717) is 46.8 Å². The van der Waals surface area contributed by atoms with Crippen molar-refractivity contribution in [2.24, 2.45) is 12.8 Å². The second-order valence-corrected chi connectivity index (χ2v) is 6.83. The molecule has 0 amide bonds. The molecule has 29 heavy (non-hydrogen) atoms. The third-order valence-corrected chi connectivity index (χ3v) is 4.98. The van der Waals surface area contributed by atoms with Crippen LogP contribution in [0.3, 0.4) is 0 Å². The lowest BCUT2D eigenvalue weighted by molar-refractivity contribution is 0.382. The van der Waals surface area contributed by atoms with Crippen LogP contribution in [0.2, 0.25) is 5.02 Å². The molecular formula is C19H19ClFN7O. The number of nitrogen functional groups attached to an aromatic ring is 1. The summed E-state index contributed by atoms with van der Waals surface area (Å²) in [6, 6.07) is 7.02. The molecule has 0 aliphatic heterocycles. The Balaban J connectivity index is 2.05. The number of nitrogens with one attached hydrogen (secondary N) is 1. The Morgan fingerprint density at radius 2 is 2.07 bits per heavy atom. The van der Waals surface area contributed by atoms with Gasteiger partial charge < -0.3 is 26.1 Å². The molecule has 0 spiro atoms. The van der Waals surface area contributed by atoms with Crippen molar-refractivity contribution in [3.63, 3.8) is 0 Å². The highest BCUT2D eigenvalue weighted by molar-refractivity contribution is 6.34. The zero-order valence-electron chi connectivity index (χ0n) is 15.8. The van der Waals surface area contributed by atoms with Crippen LogP contribution < -0.4 is 21.5 Å². The fourth-order valence-electron chi connectivity index (χ4n) is 3.33. The number of aryl methyl sites for hydroxylation is 1. The number of hydrogen-bond acceptors (Lipinski definition) is 7. The van der Waals surface area contributed by atoms with Crippen LogP contribution in [0.4, 0.5) is 16.2 Å². The molecule has 0 radical (unpaired) electrons. The van der Waals surface area contributed by atoms with Crippen LogP contribution in [0.1, 0.15) is 0 Å². The van der Waals surface area contributed by atoms with Crippen molar-refractivity contribution in [2.45, 2.75) is 0 Å². The highest BCUT2D eigenvalue weighted by Crippen LogP contribution is 2.40. The number of methoxy groups -OCH3 is 1. The first-order chi connectivity index (χ1) is 14.0. The first-order valence-corrected chi connectivity index (χ1v) is 9.23. The summed E-state index contributed by atoms with van der Waals surface area (Å²) in [6.45, 7) is 0.829. The first-order valence-electron chi connectivity index (χ1n) is 8.85. The van der Waals surface area contributed by atoms with Crippen LogP contribution in [0.25, 0.3) is 33.1 Å². The van der Waals surface area contributed by atoms with Crippen molar-refractivity contribution < 1.29 is 9.13 Å². The summed E-state index contributed by atoms with van der Waals surface area (Å²) < 4.78 is 22.6. The summed E-state index contributed by atoms with van der Waals surface area (Å²) in [7, 11) is 3.18.